The average molecular weight is 424 g/mol. The maximum absolute atomic E-state index is 12.9. The highest BCUT2D eigenvalue weighted by molar-refractivity contribution is 5.96. The predicted molar refractivity (Wildman–Crippen MR) is 112 cm³/mol. The van der Waals surface area contributed by atoms with Crippen LogP contribution in [0.4, 0.5) is 8.78 Å². The summed E-state index contributed by atoms with van der Waals surface area (Å²) in [5.74, 6) is -2.63. The van der Waals surface area contributed by atoms with E-state index in [1.54, 1.807) is 18.5 Å². The highest BCUT2D eigenvalue weighted by atomic mass is 19.3. The van der Waals surface area contributed by atoms with E-state index in [0.717, 1.165) is 27.9 Å². The lowest BCUT2D eigenvalue weighted by Crippen LogP contribution is -2.40. The first-order valence-corrected chi connectivity index (χ1v) is 10.2. The van der Waals surface area contributed by atoms with Crippen molar-refractivity contribution < 1.29 is 13.6 Å². The number of hydrogen-bond acceptors (Lipinski definition) is 4. The predicted octanol–water partition coefficient (Wildman–Crippen LogP) is 3.28. The van der Waals surface area contributed by atoms with Gasteiger partial charge in [-0.25, -0.2) is 18.7 Å². The van der Waals surface area contributed by atoms with Crippen LogP contribution in [0.1, 0.15) is 34.5 Å². The molecule has 1 aliphatic rings. The molecule has 1 aliphatic carbocycles. The number of halogens is 2. The first-order valence-electron chi connectivity index (χ1n) is 10.2. The molecular weight excluding hydrogens is 402 g/mol. The SMILES string of the molecule is O=C(NCc1cn2cc(CNCC3CC(F)(F)C3)ccc2n1)c1cnc2[nH]ccc2c1. The molecule has 0 saturated heterocycles. The lowest BCUT2D eigenvalue weighted by atomic mass is 9.81. The Morgan fingerprint density at radius 3 is 2.94 bits per heavy atom. The Morgan fingerprint density at radius 2 is 2.10 bits per heavy atom. The summed E-state index contributed by atoms with van der Waals surface area (Å²) in [6.45, 7) is 1.50. The third-order valence-electron chi connectivity index (χ3n) is 5.59. The number of aromatic nitrogens is 4. The fraction of sp³-hybridized carbons (Fsp3) is 0.318. The lowest BCUT2D eigenvalue weighted by molar-refractivity contribution is -0.109. The van der Waals surface area contributed by atoms with Gasteiger partial charge in [0.05, 0.1) is 17.8 Å². The zero-order chi connectivity index (χ0) is 21.4. The zero-order valence-corrected chi connectivity index (χ0v) is 16.7. The summed E-state index contributed by atoms with van der Waals surface area (Å²) in [5.41, 5.74) is 3.80. The van der Waals surface area contributed by atoms with Crippen molar-refractivity contribution in [2.24, 2.45) is 5.92 Å². The molecule has 0 unspecified atom stereocenters. The largest absolute Gasteiger partial charge is 0.346 e. The quantitative estimate of drug-likeness (QED) is 0.425. The van der Waals surface area contributed by atoms with E-state index in [1.165, 1.54) is 0 Å². The maximum atomic E-state index is 12.9. The Hall–Kier alpha value is -3.33. The number of H-pyrrole nitrogens is 1. The minimum Gasteiger partial charge on any atom is -0.346 e. The van der Waals surface area contributed by atoms with E-state index in [2.05, 4.69) is 25.6 Å². The number of imidazole rings is 1. The van der Waals surface area contributed by atoms with Gasteiger partial charge in [-0.1, -0.05) is 6.07 Å². The number of rotatable bonds is 7. The van der Waals surface area contributed by atoms with Crippen LogP contribution >= 0.6 is 0 Å². The van der Waals surface area contributed by atoms with Gasteiger partial charge in [0.15, 0.2) is 0 Å². The fourth-order valence-corrected chi connectivity index (χ4v) is 3.97. The van der Waals surface area contributed by atoms with Crippen molar-refractivity contribution in [2.75, 3.05) is 6.54 Å². The van der Waals surface area contributed by atoms with Crippen molar-refractivity contribution in [3.63, 3.8) is 0 Å². The van der Waals surface area contributed by atoms with Gasteiger partial charge in [-0.05, 0) is 36.2 Å². The topological polar surface area (TPSA) is 87.1 Å². The van der Waals surface area contributed by atoms with Crippen molar-refractivity contribution in [2.45, 2.75) is 31.9 Å². The molecule has 31 heavy (non-hydrogen) atoms. The number of carbonyl (C=O) groups excluding carboxylic acids is 1. The molecule has 4 heterocycles. The molecule has 0 aliphatic heterocycles. The van der Waals surface area contributed by atoms with Crippen LogP contribution in [-0.2, 0) is 13.1 Å². The number of aromatic amines is 1. The second-order valence-electron chi connectivity index (χ2n) is 8.12. The smallest absolute Gasteiger partial charge is 0.253 e. The van der Waals surface area contributed by atoms with Crippen LogP contribution in [0.5, 0.6) is 0 Å². The molecule has 160 valence electrons. The molecular formula is C22H22F2N6O. The first-order chi connectivity index (χ1) is 14.9. The summed E-state index contributed by atoms with van der Waals surface area (Å²) in [6, 6.07) is 7.53. The third-order valence-corrected chi connectivity index (χ3v) is 5.59. The molecule has 1 saturated carbocycles. The monoisotopic (exact) mass is 424 g/mol. The molecule has 0 radical (unpaired) electrons. The van der Waals surface area contributed by atoms with Crippen molar-refractivity contribution in [3.05, 3.63) is 65.9 Å². The fourth-order valence-electron chi connectivity index (χ4n) is 3.97. The molecule has 0 spiro atoms. The van der Waals surface area contributed by atoms with Crippen molar-refractivity contribution >= 4 is 22.6 Å². The van der Waals surface area contributed by atoms with Gasteiger partial charge in [-0.15, -0.1) is 0 Å². The van der Waals surface area contributed by atoms with Crippen LogP contribution in [0.2, 0.25) is 0 Å². The number of alkyl halides is 2. The third kappa shape index (κ3) is 4.27. The van der Waals surface area contributed by atoms with Gasteiger partial charge in [0.25, 0.3) is 5.91 Å². The van der Waals surface area contributed by atoms with E-state index in [9.17, 15) is 13.6 Å². The minimum atomic E-state index is -2.47. The van der Waals surface area contributed by atoms with Crippen LogP contribution in [0.15, 0.2) is 49.1 Å². The van der Waals surface area contributed by atoms with Crippen molar-refractivity contribution in [3.8, 4) is 0 Å². The van der Waals surface area contributed by atoms with Crippen LogP contribution in [0, 0.1) is 5.92 Å². The van der Waals surface area contributed by atoms with E-state index in [1.807, 2.05) is 35.0 Å². The highest BCUT2D eigenvalue weighted by Gasteiger charge is 2.44. The van der Waals surface area contributed by atoms with Crippen LogP contribution in [0.25, 0.3) is 16.7 Å². The van der Waals surface area contributed by atoms with Gasteiger partial charge in [-0.3, -0.25) is 4.79 Å². The van der Waals surface area contributed by atoms with E-state index in [0.29, 0.717) is 25.2 Å². The number of pyridine rings is 2. The van der Waals surface area contributed by atoms with Gasteiger partial charge in [0, 0.05) is 49.6 Å². The number of hydrogen-bond donors (Lipinski definition) is 3. The molecule has 4 aromatic heterocycles. The van der Waals surface area contributed by atoms with E-state index >= 15 is 0 Å². The van der Waals surface area contributed by atoms with Crippen LogP contribution in [0.3, 0.4) is 0 Å². The van der Waals surface area contributed by atoms with Gasteiger partial charge >= 0.3 is 0 Å². The molecule has 3 N–H and O–H groups in total. The standard InChI is InChI=1S/C22H22F2N6O/c23-22(24)6-15(7-22)9-25-8-14-1-2-19-29-18(13-30(19)12-14)11-28-21(31)17-5-16-3-4-26-20(16)27-10-17/h1-5,10,12-13,15,25H,6-9,11H2,(H,26,27)(H,28,31). The normalized spacial score (nSPS) is 15.9. The second-order valence-corrected chi connectivity index (χ2v) is 8.12. The molecule has 7 nitrogen and oxygen atoms in total. The number of fused-ring (bicyclic) bond motifs is 2. The number of nitrogens with zero attached hydrogens (tertiary/aromatic N) is 3. The van der Waals surface area contributed by atoms with Gasteiger partial charge in [0.1, 0.15) is 11.3 Å². The summed E-state index contributed by atoms with van der Waals surface area (Å²) in [7, 11) is 0. The van der Waals surface area contributed by atoms with Gasteiger partial charge < -0.3 is 20.0 Å². The number of carbonyl (C=O) groups is 1. The van der Waals surface area contributed by atoms with Gasteiger partial charge in [-0.2, -0.15) is 0 Å². The Morgan fingerprint density at radius 1 is 1.23 bits per heavy atom. The zero-order valence-electron chi connectivity index (χ0n) is 16.7. The molecule has 1 amide bonds. The average Bonchev–Trinajstić information content (AvgIpc) is 3.36. The molecule has 5 rings (SSSR count). The maximum Gasteiger partial charge on any atom is 0.253 e. The Bertz CT molecular complexity index is 1240. The first kappa shape index (κ1) is 19.6. The summed E-state index contributed by atoms with van der Waals surface area (Å²) in [4.78, 5) is 24.2. The molecule has 9 heteroatoms. The van der Waals surface area contributed by atoms with E-state index in [-0.39, 0.29) is 24.7 Å². The Labute approximate surface area is 176 Å². The number of nitrogens with one attached hydrogen (secondary N) is 3. The van der Waals surface area contributed by atoms with Gasteiger partial charge in [0.2, 0.25) is 5.92 Å². The summed E-state index contributed by atoms with van der Waals surface area (Å²) in [6.07, 6.45) is 7.11. The summed E-state index contributed by atoms with van der Waals surface area (Å²) >= 11 is 0. The van der Waals surface area contributed by atoms with E-state index < -0.39 is 5.92 Å². The molecule has 0 aromatic carbocycles. The summed E-state index contributed by atoms with van der Waals surface area (Å²) < 4.78 is 27.7. The lowest BCUT2D eigenvalue weighted by Gasteiger charge is -2.35. The Kier molecular flexibility index (Phi) is 4.90. The summed E-state index contributed by atoms with van der Waals surface area (Å²) in [5, 5.41) is 7.01. The molecule has 0 atom stereocenters. The molecule has 0 bridgehead atoms. The van der Waals surface area contributed by atoms with Crippen molar-refractivity contribution in [1.29, 1.82) is 0 Å². The molecule has 4 aromatic rings. The van der Waals surface area contributed by atoms with Crippen LogP contribution < -0.4 is 10.6 Å². The van der Waals surface area contributed by atoms with E-state index in [4.69, 9.17) is 0 Å². The highest BCUT2D eigenvalue weighted by Crippen LogP contribution is 2.41. The minimum absolute atomic E-state index is 0.0231. The van der Waals surface area contributed by atoms with Crippen LogP contribution in [-0.4, -0.2) is 37.7 Å². The Balaban J connectivity index is 1.17. The molecule has 1 fully saturated rings. The van der Waals surface area contributed by atoms with Crippen molar-refractivity contribution in [1.82, 2.24) is 30.0 Å². The second kappa shape index (κ2) is 7.73. The number of amides is 1.